The Bertz CT molecular complexity index is 762. The lowest BCUT2D eigenvalue weighted by Crippen LogP contribution is -2.53. The highest BCUT2D eigenvalue weighted by Crippen LogP contribution is 2.39. The van der Waals surface area contributed by atoms with Crippen LogP contribution < -0.4 is 5.32 Å². The van der Waals surface area contributed by atoms with E-state index in [0.717, 1.165) is 42.6 Å². The molecule has 2 fully saturated rings. The highest BCUT2D eigenvalue weighted by molar-refractivity contribution is 6.10. The van der Waals surface area contributed by atoms with Crippen LogP contribution in [0, 0.1) is 5.92 Å². The fourth-order valence-corrected chi connectivity index (χ4v) is 5.34. The van der Waals surface area contributed by atoms with Gasteiger partial charge < -0.3 is 10.1 Å². The molecule has 5 heteroatoms. The van der Waals surface area contributed by atoms with Gasteiger partial charge in [-0.1, -0.05) is 37.5 Å². The highest BCUT2D eigenvalue weighted by atomic mass is 16.5. The summed E-state index contributed by atoms with van der Waals surface area (Å²) in [6.45, 7) is 8.43. The smallest absolute Gasteiger partial charge is 0.342 e. The molecular formula is C23H33N3O2. The van der Waals surface area contributed by atoms with E-state index in [1.165, 1.54) is 19.3 Å². The standard InChI is InChI=1S/C23H33N3O2/c1-22(2)14-17(15-23(3,4)28-22)26-21(27)24-19-13-9-8-12-18(19)20(25-26)16-10-6-5-7-11-16/h8-9,12-13,16-17H,5-7,10-11,14-15H2,1-4H3,(H,24,27). The third kappa shape index (κ3) is 3.95. The molecule has 2 heterocycles. The second-order valence-corrected chi connectivity index (χ2v) is 9.82. The van der Waals surface area contributed by atoms with Gasteiger partial charge in [-0.05, 0) is 59.4 Å². The normalized spacial score (nSPS) is 25.5. The van der Waals surface area contributed by atoms with E-state index < -0.39 is 0 Å². The number of benzene rings is 1. The molecule has 4 rings (SSSR count). The maximum absolute atomic E-state index is 13.2. The maximum Gasteiger partial charge on any atom is 0.342 e. The van der Waals surface area contributed by atoms with Crippen molar-refractivity contribution >= 4 is 17.4 Å². The van der Waals surface area contributed by atoms with Gasteiger partial charge >= 0.3 is 6.03 Å². The zero-order chi connectivity index (χ0) is 19.9. The van der Waals surface area contributed by atoms with Crippen molar-refractivity contribution in [1.29, 1.82) is 0 Å². The van der Waals surface area contributed by atoms with Gasteiger partial charge in [0.1, 0.15) is 0 Å². The Kier molecular flexibility index (Phi) is 4.98. The van der Waals surface area contributed by atoms with E-state index in [-0.39, 0.29) is 23.3 Å². The molecule has 1 aromatic rings. The summed E-state index contributed by atoms with van der Waals surface area (Å²) in [6.07, 6.45) is 7.65. The molecule has 1 aromatic carbocycles. The van der Waals surface area contributed by atoms with Crippen LogP contribution in [0.15, 0.2) is 29.4 Å². The zero-order valence-electron chi connectivity index (χ0n) is 17.6. The van der Waals surface area contributed by atoms with Crippen LogP contribution in [0.2, 0.25) is 0 Å². The van der Waals surface area contributed by atoms with E-state index in [0.29, 0.717) is 5.92 Å². The number of anilines is 1. The number of fused-ring (bicyclic) bond motifs is 1. The molecular weight excluding hydrogens is 350 g/mol. The number of para-hydroxylation sites is 1. The third-order valence-electron chi connectivity index (χ3n) is 6.21. The minimum atomic E-state index is -0.285. The van der Waals surface area contributed by atoms with Gasteiger partial charge in [0.2, 0.25) is 0 Å². The fourth-order valence-electron chi connectivity index (χ4n) is 5.34. The lowest BCUT2D eigenvalue weighted by Gasteiger charge is -2.47. The molecule has 28 heavy (non-hydrogen) atoms. The fraction of sp³-hybridized carbons (Fsp3) is 0.652. The van der Waals surface area contributed by atoms with Crippen LogP contribution in [-0.4, -0.2) is 34.0 Å². The number of urea groups is 1. The summed E-state index contributed by atoms with van der Waals surface area (Å²) in [5.41, 5.74) is 2.47. The molecule has 2 aliphatic heterocycles. The Morgan fingerprint density at radius 2 is 1.68 bits per heavy atom. The van der Waals surface area contributed by atoms with Gasteiger partial charge in [-0.3, -0.25) is 0 Å². The van der Waals surface area contributed by atoms with E-state index in [4.69, 9.17) is 9.84 Å². The second kappa shape index (κ2) is 7.18. The summed E-state index contributed by atoms with van der Waals surface area (Å²) in [5, 5.41) is 9.92. The molecule has 152 valence electrons. The van der Waals surface area contributed by atoms with Crippen molar-refractivity contribution in [1.82, 2.24) is 5.01 Å². The van der Waals surface area contributed by atoms with Crippen molar-refractivity contribution in [3.8, 4) is 0 Å². The maximum atomic E-state index is 13.2. The van der Waals surface area contributed by atoms with Crippen molar-refractivity contribution < 1.29 is 9.53 Å². The SMILES string of the molecule is CC1(C)CC(N2N=C(C3CCCCC3)c3ccccc3NC2=O)CC(C)(C)O1. The molecule has 0 bridgehead atoms. The number of nitrogens with zero attached hydrogens (tertiary/aromatic N) is 2. The van der Waals surface area contributed by atoms with E-state index >= 15 is 0 Å². The van der Waals surface area contributed by atoms with Gasteiger partial charge in [0.05, 0.1) is 28.6 Å². The van der Waals surface area contributed by atoms with Crippen LogP contribution in [0.5, 0.6) is 0 Å². The Morgan fingerprint density at radius 1 is 1.04 bits per heavy atom. The summed E-state index contributed by atoms with van der Waals surface area (Å²) in [6, 6.07) is 8.01. The first-order valence-electron chi connectivity index (χ1n) is 10.7. The number of amides is 2. The number of ether oxygens (including phenoxy) is 1. The predicted molar refractivity (Wildman–Crippen MR) is 113 cm³/mol. The quantitative estimate of drug-likeness (QED) is 0.727. The Morgan fingerprint density at radius 3 is 2.36 bits per heavy atom. The number of carbonyl (C=O) groups excluding carboxylic acids is 1. The molecule has 1 saturated heterocycles. The van der Waals surface area contributed by atoms with Gasteiger partial charge in [-0.25, -0.2) is 9.80 Å². The largest absolute Gasteiger partial charge is 0.370 e. The average molecular weight is 384 g/mol. The number of hydrazone groups is 1. The summed E-state index contributed by atoms with van der Waals surface area (Å²) in [7, 11) is 0. The summed E-state index contributed by atoms with van der Waals surface area (Å²) >= 11 is 0. The lowest BCUT2D eigenvalue weighted by atomic mass is 9.83. The highest BCUT2D eigenvalue weighted by Gasteiger charge is 2.44. The molecule has 2 amide bonds. The predicted octanol–water partition coefficient (Wildman–Crippen LogP) is 5.55. The van der Waals surface area contributed by atoms with E-state index in [1.807, 2.05) is 18.2 Å². The average Bonchev–Trinajstić information content (AvgIpc) is 2.76. The van der Waals surface area contributed by atoms with E-state index in [1.54, 1.807) is 5.01 Å². The molecule has 3 aliphatic rings. The van der Waals surface area contributed by atoms with Gasteiger partial charge in [0.25, 0.3) is 0 Å². The zero-order valence-corrected chi connectivity index (χ0v) is 17.6. The summed E-state index contributed by atoms with van der Waals surface area (Å²) < 4.78 is 6.25. The van der Waals surface area contributed by atoms with Crippen LogP contribution in [0.1, 0.15) is 78.2 Å². The van der Waals surface area contributed by atoms with Crippen molar-refractivity contribution in [2.75, 3.05) is 5.32 Å². The number of nitrogens with one attached hydrogen (secondary N) is 1. The summed E-state index contributed by atoms with van der Waals surface area (Å²) in [5.74, 6) is 0.422. The molecule has 0 unspecified atom stereocenters. The van der Waals surface area contributed by atoms with Gasteiger partial charge in [-0.2, -0.15) is 5.10 Å². The van der Waals surface area contributed by atoms with Gasteiger partial charge in [0.15, 0.2) is 0 Å². The minimum absolute atomic E-state index is 0.0200. The Balaban J connectivity index is 1.74. The molecule has 0 spiro atoms. The van der Waals surface area contributed by atoms with Gasteiger partial charge in [-0.15, -0.1) is 0 Å². The molecule has 1 aliphatic carbocycles. The topological polar surface area (TPSA) is 53.9 Å². The minimum Gasteiger partial charge on any atom is -0.370 e. The van der Waals surface area contributed by atoms with Crippen molar-refractivity contribution in [3.63, 3.8) is 0 Å². The first kappa shape index (κ1) is 19.4. The first-order chi connectivity index (χ1) is 13.2. The molecule has 5 nitrogen and oxygen atoms in total. The van der Waals surface area contributed by atoms with Crippen LogP contribution in [0.4, 0.5) is 10.5 Å². The van der Waals surface area contributed by atoms with Crippen LogP contribution in [-0.2, 0) is 4.74 Å². The van der Waals surface area contributed by atoms with Crippen molar-refractivity contribution in [3.05, 3.63) is 29.8 Å². The number of rotatable bonds is 2. The number of hydrogen-bond donors (Lipinski definition) is 1. The second-order valence-electron chi connectivity index (χ2n) is 9.82. The molecule has 1 N–H and O–H groups in total. The monoisotopic (exact) mass is 383 g/mol. The molecule has 1 saturated carbocycles. The van der Waals surface area contributed by atoms with E-state index in [2.05, 4.69) is 39.1 Å². The van der Waals surface area contributed by atoms with Crippen molar-refractivity contribution in [2.24, 2.45) is 11.0 Å². The molecule has 0 radical (unpaired) electrons. The molecule has 0 atom stereocenters. The van der Waals surface area contributed by atoms with Crippen molar-refractivity contribution in [2.45, 2.75) is 89.9 Å². The van der Waals surface area contributed by atoms with E-state index in [9.17, 15) is 4.79 Å². The Hall–Kier alpha value is -1.88. The Labute approximate surface area is 168 Å². The lowest BCUT2D eigenvalue weighted by molar-refractivity contribution is -0.172. The van der Waals surface area contributed by atoms with Crippen LogP contribution >= 0.6 is 0 Å². The number of carbonyl (C=O) groups is 1. The van der Waals surface area contributed by atoms with Crippen LogP contribution in [0.3, 0.4) is 0 Å². The third-order valence-corrected chi connectivity index (χ3v) is 6.21. The number of hydrogen-bond acceptors (Lipinski definition) is 3. The van der Waals surface area contributed by atoms with Gasteiger partial charge in [0, 0.05) is 11.5 Å². The summed E-state index contributed by atoms with van der Waals surface area (Å²) in [4.78, 5) is 13.2. The first-order valence-corrected chi connectivity index (χ1v) is 10.7. The van der Waals surface area contributed by atoms with Crippen LogP contribution in [0.25, 0.3) is 0 Å². The molecule has 0 aromatic heterocycles.